The molecule has 0 amide bonds. The second kappa shape index (κ2) is 3.39. The summed E-state index contributed by atoms with van der Waals surface area (Å²) >= 11 is 3.27. The van der Waals surface area contributed by atoms with Gasteiger partial charge in [0.15, 0.2) is 4.60 Å². The maximum absolute atomic E-state index is 5.44. The first-order valence-electron chi connectivity index (χ1n) is 3.95. The molecule has 1 aromatic rings. The highest BCUT2D eigenvalue weighted by atomic mass is 79.9. The number of nitrogens with zero attached hydrogens (tertiary/aromatic N) is 2. The molecule has 1 heterocycles. The van der Waals surface area contributed by atoms with Gasteiger partial charge in [-0.25, -0.2) is 9.97 Å². The van der Waals surface area contributed by atoms with Crippen LogP contribution in [0.3, 0.4) is 0 Å². The van der Waals surface area contributed by atoms with E-state index in [0.29, 0.717) is 10.5 Å². The van der Waals surface area contributed by atoms with Crippen LogP contribution in [-0.2, 0) is 0 Å². The zero-order chi connectivity index (χ0) is 8.39. The van der Waals surface area contributed by atoms with Gasteiger partial charge in [-0.3, -0.25) is 0 Å². The van der Waals surface area contributed by atoms with Crippen LogP contribution in [0.15, 0.2) is 17.0 Å². The van der Waals surface area contributed by atoms with Crippen LogP contribution in [0.5, 0.6) is 5.88 Å². The molecule has 0 aromatic carbocycles. The highest BCUT2D eigenvalue weighted by Crippen LogP contribution is 2.30. The van der Waals surface area contributed by atoms with Gasteiger partial charge < -0.3 is 4.74 Å². The highest BCUT2D eigenvalue weighted by molar-refractivity contribution is 9.10. The van der Waals surface area contributed by atoms with Crippen LogP contribution in [0.1, 0.15) is 12.8 Å². The second-order valence-electron chi connectivity index (χ2n) is 2.91. The lowest BCUT2D eigenvalue weighted by molar-refractivity contribution is 0.285. The summed E-state index contributed by atoms with van der Waals surface area (Å²) in [5.74, 6) is 1.35. The van der Waals surface area contributed by atoms with Crippen LogP contribution in [-0.4, -0.2) is 16.6 Å². The third-order valence-corrected chi connectivity index (χ3v) is 2.32. The Morgan fingerprint density at radius 2 is 2.17 bits per heavy atom. The predicted octanol–water partition coefficient (Wildman–Crippen LogP) is 2.03. The van der Waals surface area contributed by atoms with Crippen molar-refractivity contribution in [3.8, 4) is 5.88 Å². The van der Waals surface area contributed by atoms with E-state index in [2.05, 4.69) is 25.9 Å². The van der Waals surface area contributed by atoms with Gasteiger partial charge in [-0.1, -0.05) is 0 Å². The number of halogens is 1. The van der Waals surface area contributed by atoms with Crippen molar-refractivity contribution in [3.05, 3.63) is 17.0 Å². The van der Waals surface area contributed by atoms with Crippen molar-refractivity contribution >= 4 is 15.9 Å². The van der Waals surface area contributed by atoms with Gasteiger partial charge in [0.2, 0.25) is 5.88 Å². The van der Waals surface area contributed by atoms with Crippen molar-refractivity contribution < 1.29 is 4.74 Å². The lowest BCUT2D eigenvalue weighted by Gasteiger charge is -2.03. The predicted molar refractivity (Wildman–Crippen MR) is 48.0 cm³/mol. The molecule has 1 aliphatic rings. The quantitative estimate of drug-likeness (QED) is 0.795. The molecule has 64 valence electrons. The Hall–Kier alpha value is -0.640. The monoisotopic (exact) mass is 228 g/mol. The zero-order valence-corrected chi connectivity index (χ0v) is 8.12. The number of aromatic nitrogens is 2. The fourth-order valence-corrected chi connectivity index (χ4v) is 1.22. The van der Waals surface area contributed by atoms with Crippen molar-refractivity contribution in [2.45, 2.75) is 12.8 Å². The van der Waals surface area contributed by atoms with E-state index in [4.69, 9.17) is 4.74 Å². The van der Waals surface area contributed by atoms with Crippen LogP contribution in [0.2, 0.25) is 0 Å². The summed E-state index contributed by atoms with van der Waals surface area (Å²) in [5, 5.41) is 0. The fourth-order valence-electron chi connectivity index (χ4n) is 0.886. The Morgan fingerprint density at radius 3 is 2.83 bits per heavy atom. The van der Waals surface area contributed by atoms with E-state index in [0.717, 1.165) is 12.5 Å². The minimum atomic E-state index is 0.601. The highest BCUT2D eigenvalue weighted by Gasteiger charge is 2.22. The van der Waals surface area contributed by atoms with E-state index in [1.54, 1.807) is 12.4 Å². The molecule has 1 aliphatic carbocycles. The van der Waals surface area contributed by atoms with Gasteiger partial charge in [0.05, 0.1) is 6.61 Å². The molecule has 4 heteroatoms. The number of hydrogen-bond donors (Lipinski definition) is 0. The molecule has 3 nitrogen and oxygen atoms in total. The van der Waals surface area contributed by atoms with Crippen LogP contribution in [0, 0.1) is 5.92 Å². The molecule has 0 unspecified atom stereocenters. The van der Waals surface area contributed by atoms with Crippen molar-refractivity contribution in [1.29, 1.82) is 0 Å². The normalized spacial score (nSPS) is 16.1. The van der Waals surface area contributed by atoms with Crippen LogP contribution in [0.4, 0.5) is 0 Å². The Labute approximate surface area is 79.3 Å². The maximum atomic E-state index is 5.44. The third kappa shape index (κ3) is 1.94. The first kappa shape index (κ1) is 7.98. The third-order valence-electron chi connectivity index (χ3n) is 1.78. The van der Waals surface area contributed by atoms with Gasteiger partial charge in [-0.2, -0.15) is 0 Å². The molecule has 0 atom stereocenters. The van der Waals surface area contributed by atoms with E-state index in [1.165, 1.54) is 12.8 Å². The fraction of sp³-hybridized carbons (Fsp3) is 0.500. The Morgan fingerprint density at radius 1 is 1.42 bits per heavy atom. The van der Waals surface area contributed by atoms with Crippen molar-refractivity contribution in [3.63, 3.8) is 0 Å². The first-order valence-corrected chi connectivity index (χ1v) is 4.75. The van der Waals surface area contributed by atoms with Gasteiger partial charge in [0, 0.05) is 12.4 Å². The summed E-state index contributed by atoms with van der Waals surface area (Å²) < 4.78 is 6.13. The number of ether oxygens (including phenoxy) is 1. The smallest absolute Gasteiger partial charge is 0.247 e. The van der Waals surface area contributed by atoms with Gasteiger partial charge in [0.1, 0.15) is 0 Å². The Kier molecular flexibility index (Phi) is 2.26. The molecule has 0 N–H and O–H groups in total. The molecule has 2 rings (SSSR count). The lowest BCUT2D eigenvalue weighted by atomic mass is 10.5. The van der Waals surface area contributed by atoms with Crippen LogP contribution in [0.25, 0.3) is 0 Å². The zero-order valence-electron chi connectivity index (χ0n) is 6.53. The van der Waals surface area contributed by atoms with Crippen molar-refractivity contribution in [2.24, 2.45) is 5.92 Å². The van der Waals surface area contributed by atoms with E-state index in [1.807, 2.05) is 0 Å². The maximum Gasteiger partial charge on any atom is 0.247 e. The lowest BCUT2D eigenvalue weighted by Crippen LogP contribution is -2.01. The van der Waals surface area contributed by atoms with Gasteiger partial charge in [-0.15, -0.1) is 0 Å². The SMILES string of the molecule is Brc1nccnc1OCC1CC1. The molecule has 0 radical (unpaired) electrons. The van der Waals surface area contributed by atoms with Crippen molar-refractivity contribution in [2.75, 3.05) is 6.61 Å². The minimum absolute atomic E-state index is 0.601. The first-order chi connectivity index (χ1) is 5.86. The second-order valence-corrected chi connectivity index (χ2v) is 3.66. The summed E-state index contributed by atoms with van der Waals surface area (Å²) in [6.45, 7) is 0.775. The average molecular weight is 229 g/mol. The van der Waals surface area contributed by atoms with Gasteiger partial charge in [0.25, 0.3) is 0 Å². The summed E-state index contributed by atoms with van der Waals surface area (Å²) in [6, 6.07) is 0. The minimum Gasteiger partial charge on any atom is -0.475 e. The summed E-state index contributed by atoms with van der Waals surface area (Å²) in [6.07, 6.45) is 5.84. The Bertz CT molecular complexity index is 276. The summed E-state index contributed by atoms with van der Waals surface area (Å²) in [7, 11) is 0. The molecule has 0 saturated heterocycles. The average Bonchev–Trinajstić information content (AvgIpc) is 2.86. The molecule has 1 fully saturated rings. The van der Waals surface area contributed by atoms with Gasteiger partial charge >= 0.3 is 0 Å². The molecule has 0 aliphatic heterocycles. The molecule has 1 saturated carbocycles. The molecular weight excluding hydrogens is 220 g/mol. The molecule has 0 spiro atoms. The van der Waals surface area contributed by atoms with E-state index in [-0.39, 0.29) is 0 Å². The van der Waals surface area contributed by atoms with Crippen LogP contribution < -0.4 is 4.74 Å². The molecule has 0 bridgehead atoms. The largest absolute Gasteiger partial charge is 0.475 e. The number of hydrogen-bond acceptors (Lipinski definition) is 3. The topological polar surface area (TPSA) is 35.0 Å². The van der Waals surface area contributed by atoms with Gasteiger partial charge in [-0.05, 0) is 34.7 Å². The van der Waals surface area contributed by atoms with Crippen molar-refractivity contribution in [1.82, 2.24) is 9.97 Å². The van der Waals surface area contributed by atoms with Crippen LogP contribution >= 0.6 is 15.9 Å². The summed E-state index contributed by atoms with van der Waals surface area (Å²) in [4.78, 5) is 8.05. The van der Waals surface area contributed by atoms with E-state index >= 15 is 0 Å². The van der Waals surface area contributed by atoms with E-state index < -0.39 is 0 Å². The van der Waals surface area contributed by atoms with E-state index in [9.17, 15) is 0 Å². The molecular formula is C8H9BrN2O. The molecule has 12 heavy (non-hydrogen) atoms. The summed E-state index contributed by atoms with van der Waals surface area (Å²) in [5.41, 5.74) is 0. The number of rotatable bonds is 3. The standard InChI is InChI=1S/C8H9BrN2O/c9-7-8(11-4-3-10-7)12-5-6-1-2-6/h3-4,6H,1-2,5H2. The molecule has 1 aromatic heterocycles. The Balaban J connectivity index is 1.96.